The fourth-order valence-corrected chi connectivity index (χ4v) is 3.31. The van der Waals surface area contributed by atoms with Crippen LogP contribution in [0.3, 0.4) is 0 Å². The molecule has 1 saturated heterocycles. The lowest BCUT2D eigenvalue weighted by Crippen LogP contribution is -2.41. The zero-order valence-electron chi connectivity index (χ0n) is 17.6. The number of aliphatic imine (C=N–C) groups is 1. The van der Waals surface area contributed by atoms with Gasteiger partial charge in [0.1, 0.15) is 0 Å². The molecule has 1 aliphatic heterocycles. The Labute approximate surface area is 185 Å². The fraction of sp³-hybridized carbons (Fsp3) is 0.650. The summed E-state index contributed by atoms with van der Waals surface area (Å²) in [7, 11) is 6.96. The summed E-state index contributed by atoms with van der Waals surface area (Å²) in [6.07, 6.45) is 1.87. The largest absolute Gasteiger partial charge is 0.493 e. The highest BCUT2D eigenvalue weighted by molar-refractivity contribution is 14.0. The van der Waals surface area contributed by atoms with Gasteiger partial charge >= 0.3 is 0 Å². The van der Waals surface area contributed by atoms with E-state index in [0.29, 0.717) is 29.7 Å². The van der Waals surface area contributed by atoms with E-state index in [2.05, 4.69) is 24.2 Å². The molecule has 0 amide bonds. The second kappa shape index (κ2) is 12.9. The van der Waals surface area contributed by atoms with Crippen molar-refractivity contribution in [3.05, 3.63) is 17.7 Å². The predicted molar refractivity (Wildman–Crippen MR) is 123 cm³/mol. The van der Waals surface area contributed by atoms with E-state index in [1.165, 1.54) is 0 Å². The Balaban J connectivity index is 0.00000392. The summed E-state index contributed by atoms with van der Waals surface area (Å²) in [4.78, 5) is 6.98. The number of nitrogens with zero attached hydrogens (tertiary/aromatic N) is 2. The molecule has 1 heterocycles. The molecule has 0 radical (unpaired) electrons. The first-order valence-electron chi connectivity index (χ1n) is 9.49. The van der Waals surface area contributed by atoms with Crippen molar-refractivity contribution in [2.75, 3.05) is 61.2 Å². The maximum absolute atomic E-state index is 5.56. The Kier molecular flexibility index (Phi) is 11.4. The van der Waals surface area contributed by atoms with Crippen LogP contribution in [0.1, 0.15) is 18.9 Å². The topological polar surface area (TPSA) is 64.6 Å². The van der Waals surface area contributed by atoms with Crippen LogP contribution in [0.25, 0.3) is 0 Å². The predicted octanol–water partition coefficient (Wildman–Crippen LogP) is 2.81. The Hall–Kier alpha value is -1.42. The van der Waals surface area contributed by atoms with Gasteiger partial charge < -0.3 is 29.2 Å². The van der Waals surface area contributed by atoms with Crippen LogP contribution in [0.15, 0.2) is 17.1 Å². The third-order valence-electron chi connectivity index (χ3n) is 4.68. The standard InChI is InChI=1S/C20H33N3O4.HI/c1-6-21-20(23(2)13-15-10-12-27-14-15)22-11-9-16-7-8-17(24-3)19(26-5)18(16)25-4;/h7-8,15H,6,9-14H2,1-5H3,(H,21,22);1H. The first-order valence-corrected chi connectivity index (χ1v) is 9.49. The summed E-state index contributed by atoms with van der Waals surface area (Å²) < 4.78 is 21.8. The lowest BCUT2D eigenvalue weighted by Gasteiger charge is -2.24. The van der Waals surface area contributed by atoms with Crippen molar-refractivity contribution in [2.24, 2.45) is 10.9 Å². The van der Waals surface area contributed by atoms with Crippen LogP contribution in [-0.4, -0.2) is 72.1 Å². The van der Waals surface area contributed by atoms with E-state index in [1.54, 1.807) is 21.3 Å². The van der Waals surface area contributed by atoms with E-state index < -0.39 is 0 Å². The van der Waals surface area contributed by atoms with Crippen LogP contribution >= 0.6 is 24.0 Å². The van der Waals surface area contributed by atoms with E-state index in [-0.39, 0.29) is 24.0 Å². The highest BCUT2D eigenvalue weighted by Gasteiger charge is 2.19. The van der Waals surface area contributed by atoms with Crippen molar-refractivity contribution in [1.82, 2.24) is 10.2 Å². The molecule has 1 aliphatic rings. The van der Waals surface area contributed by atoms with Gasteiger partial charge in [0, 0.05) is 44.8 Å². The van der Waals surface area contributed by atoms with E-state index >= 15 is 0 Å². The smallest absolute Gasteiger partial charge is 0.203 e. The van der Waals surface area contributed by atoms with Gasteiger partial charge in [-0.1, -0.05) is 6.07 Å². The molecule has 1 N–H and O–H groups in total. The van der Waals surface area contributed by atoms with Gasteiger partial charge in [0.05, 0.1) is 27.9 Å². The number of ether oxygens (including phenoxy) is 4. The van der Waals surface area contributed by atoms with Gasteiger partial charge in [-0.25, -0.2) is 0 Å². The first kappa shape index (κ1) is 24.6. The molecule has 1 atom stereocenters. The average Bonchev–Trinajstić information content (AvgIpc) is 3.19. The molecule has 0 spiro atoms. The monoisotopic (exact) mass is 507 g/mol. The number of nitrogens with one attached hydrogen (secondary N) is 1. The summed E-state index contributed by atoms with van der Waals surface area (Å²) in [6, 6.07) is 3.90. The molecule has 1 aromatic rings. The van der Waals surface area contributed by atoms with Gasteiger partial charge in [-0.05, 0) is 25.8 Å². The fourth-order valence-electron chi connectivity index (χ4n) is 3.31. The molecule has 160 valence electrons. The first-order chi connectivity index (χ1) is 13.1. The van der Waals surface area contributed by atoms with Gasteiger partial charge in [-0.15, -0.1) is 24.0 Å². The maximum atomic E-state index is 5.56. The van der Waals surface area contributed by atoms with Crippen molar-refractivity contribution in [1.29, 1.82) is 0 Å². The zero-order chi connectivity index (χ0) is 19.6. The Morgan fingerprint density at radius 3 is 2.54 bits per heavy atom. The number of halogens is 1. The van der Waals surface area contributed by atoms with Gasteiger partial charge in [-0.3, -0.25) is 4.99 Å². The van der Waals surface area contributed by atoms with E-state index in [1.807, 2.05) is 12.1 Å². The molecule has 8 heteroatoms. The van der Waals surface area contributed by atoms with Crippen molar-refractivity contribution in [3.63, 3.8) is 0 Å². The summed E-state index contributed by atoms with van der Waals surface area (Å²) in [5, 5.41) is 3.37. The normalized spacial score (nSPS) is 16.3. The summed E-state index contributed by atoms with van der Waals surface area (Å²) in [5.41, 5.74) is 1.04. The molecule has 0 aromatic heterocycles. The molecule has 1 unspecified atom stereocenters. The number of guanidine groups is 1. The van der Waals surface area contributed by atoms with Crippen molar-refractivity contribution >= 4 is 29.9 Å². The molecular weight excluding hydrogens is 473 g/mol. The molecule has 28 heavy (non-hydrogen) atoms. The molecular formula is C20H34IN3O4. The third kappa shape index (κ3) is 6.58. The van der Waals surface area contributed by atoms with Crippen LogP contribution in [0.2, 0.25) is 0 Å². The Morgan fingerprint density at radius 2 is 1.96 bits per heavy atom. The summed E-state index contributed by atoms with van der Waals surface area (Å²) in [6.45, 7) is 6.23. The Bertz CT molecular complexity index is 622. The van der Waals surface area contributed by atoms with Gasteiger partial charge in [0.2, 0.25) is 5.75 Å². The maximum Gasteiger partial charge on any atom is 0.203 e. The number of hydrogen-bond acceptors (Lipinski definition) is 5. The van der Waals surface area contributed by atoms with E-state index in [0.717, 1.165) is 50.7 Å². The quantitative estimate of drug-likeness (QED) is 0.315. The second-order valence-corrected chi connectivity index (χ2v) is 6.59. The summed E-state index contributed by atoms with van der Waals surface area (Å²) >= 11 is 0. The lowest BCUT2D eigenvalue weighted by atomic mass is 10.1. The number of rotatable bonds is 9. The van der Waals surface area contributed by atoms with Crippen LogP contribution in [-0.2, 0) is 11.2 Å². The molecule has 2 rings (SSSR count). The minimum Gasteiger partial charge on any atom is -0.493 e. The van der Waals surface area contributed by atoms with E-state index in [4.69, 9.17) is 23.9 Å². The van der Waals surface area contributed by atoms with Gasteiger partial charge in [-0.2, -0.15) is 0 Å². The van der Waals surface area contributed by atoms with Crippen LogP contribution < -0.4 is 19.5 Å². The van der Waals surface area contributed by atoms with Crippen molar-refractivity contribution in [2.45, 2.75) is 19.8 Å². The third-order valence-corrected chi connectivity index (χ3v) is 4.68. The SMILES string of the molecule is CCNC(=NCCc1ccc(OC)c(OC)c1OC)N(C)CC1CCOC1.I. The number of benzene rings is 1. The molecule has 1 aromatic carbocycles. The van der Waals surface area contributed by atoms with E-state index in [9.17, 15) is 0 Å². The number of methoxy groups -OCH3 is 3. The van der Waals surface area contributed by atoms with Crippen molar-refractivity contribution < 1.29 is 18.9 Å². The van der Waals surface area contributed by atoms with Crippen LogP contribution in [0, 0.1) is 5.92 Å². The number of hydrogen-bond donors (Lipinski definition) is 1. The minimum absolute atomic E-state index is 0. The Morgan fingerprint density at radius 1 is 1.21 bits per heavy atom. The molecule has 1 fully saturated rings. The lowest BCUT2D eigenvalue weighted by molar-refractivity contribution is 0.181. The van der Waals surface area contributed by atoms with Gasteiger partial charge in [0.25, 0.3) is 0 Å². The van der Waals surface area contributed by atoms with Crippen LogP contribution in [0.4, 0.5) is 0 Å². The molecule has 0 aliphatic carbocycles. The highest BCUT2D eigenvalue weighted by atomic mass is 127. The summed E-state index contributed by atoms with van der Waals surface area (Å²) in [5.74, 6) is 3.47. The van der Waals surface area contributed by atoms with Crippen molar-refractivity contribution in [3.8, 4) is 17.2 Å². The zero-order valence-corrected chi connectivity index (χ0v) is 19.9. The van der Waals surface area contributed by atoms with Gasteiger partial charge in [0.15, 0.2) is 17.5 Å². The highest BCUT2D eigenvalue weighted by Crippen LogP contribution is 2.39. The minimum atomic E-state index is 0. The molecule has 7 nitrogen and oxygen atoms in total. The van der Waals surface area contributed by atoms with Crippen LogP contribution in [0.5, 0.6) is 17.2 Å². The second-order valence-electron chi connectivity index (χ2n) is 6.59. The molecule has 0 bridgehead atoms. The molecule has 0 saturated carbocycles. The average molecular weight is 507 g/mol.